The van der Waals surface area contributed by atoms with Crippen molar-refractivity contribution in [3.63, 3.8) is 0 Å². The zero-order chi connectivity index (χ0) is 15.6. The molecule has 1 aromatic carbocycles. The third-order valence-corrected chi connectivity index (χ3v) is 3.23. The average Bonchev–Trinajstić information content (AvgIpc) is 2.73. The Kier molecular flexibility index (Phi) is 4.23. The smallest absolute Gasteiger partial charge is 0.274 e. The highest BCUT2D eigenvalue weighted by Gasteiger charge is 2.33. The molecule has 6 nitrogen and oxygen atoms in total. The van der Waals surface area contributed by atoms with Crippen molar-refractivity contribution in [2.24, 2.45) is 0 Å². The van der Waals surface area contributed by atoms with Gasteiger partial charge in [-0.2, -0.15) is 0 Å². The van der Waals surface area contributed by atoms with E-state index < -0.39 is 5.91 Å². The van der Waals surface area contributed by atoms with Gasteiger partial charge in [-0.15, -0.1) is 0 Å². The zero-order valence-corrected chi connectivity index (χ0v) is 12.6. The lowest BCUT2D eigenvalue weighted by Gasteiger charge is -2.13. The number of ether oxygens (including phenoxy) is 2. The van der Waals surface area contributed by atoms with Gasteiger partial charge in [0.25, 0.3) is 5.91 Å². The Morgan fingerprint density at radius 1 is 1.33 bits per heavy atom. The van der Waals surface area contributed by atoms with Crippen LogP contribution in [0.2, 0.25) is 0 Å². The van der Waals surface area contributed by atoms with Crippen molar-refractivity contribution >= 4 is 35.2 Å². The van der Waals surface area contributed by atoms with Crippen LogP contribution in [0.1, 0.15) is 12.5 Å². The summed E-state index contributed by atoms with van der Waals surface area (Å²) in [6.07, 6.45) is 1.54. The number of hydrogen-bond acceptors (Lipinski definition) is 5. The molecule has 1 aromatic rings. The van der Waals surface area contributed by atoms with Gasteiger partial charge in [-0.3, -0.25) is 19.8 Å². The molecule has 0 saturated carbocycles. The molecule has 1 fully saturated rings. The van der Waals surface area contributed by atoms with Gasteiger partial charge in [0.05, 0.1) is 14.2 Å². The molecule has 1 aliphatic heterocycles. The number of carbonyl (C=O) groups is 2. The lowest BCUT2D eigenvalue weighted by atomic mass is 10.1. The van der Waals surface area contributed by atoms with Crippen LogP contribution in [0.15, 0.2) is 23.9 Å². The molecule has 1 N–H and O–H groups in total. The average molecular weight is 306 g/mol. The lowest BCUT2D eigenvalue weighted by Crippen LogP contribution is -2.31. The maximum absolute atomic E-state index is 11.9. The maximum Gasteiger partial charge on any atom is 0.274 e. The van der Waals surface area contributed by atoms with Crippen molar-refractivity contribution in [3.8, 4) is 11.5 Å². The van der Waals surface area contributed by atoms with Crippen molar-refractivity contribution in [2.75, 3.05) is 14.2 Å². The minimum Gasteiger partial charge on any atom is -0.497 e. The van der Waals surface area contributed by atoms with Gasteiger partial charge in [-0.1, -0.05) is 0 Å². The summed E-state index contributed by atoms with van der Waals surface area (Å²) in [5.74, 6) is 0.391. The van der Waals surface area contributed by atoms with E-state index in [0.29, 0.717) is 17.1 Å². The van der Waals surface area contributed by atoms with Gasteiger partial charge in [0.1, 0.15) is 17.2 Å². The van der Waals surface area contributed by atoms with E-state index in [1.807, 2.05) is 0 Å². The van der Waals surface area contributed by atoms with Gasteiger partial charge in [0.2, 0.25) is 5.91 Å². The first-order valence-electron chi connectivity index (χ1n) is 6.07. The second kappa shape index (κ2) is 5.92. The molecule has 0 atom stereocenters. The van der Waals surface area contributed by atoms with Crippen LogP contribution in [0, 0.1) is 0 Å². The van der Waals surface area contributed by atoms with Crippen molar-refractivity contribution < 1.29 is 19.1 Å². The Morgan fingerprint density at radius 2 is 2.05 bits per heavy atom. The summed E-state index contributed by atoms with van der Waals surface area (Å²) in [5.41, 5.74) is 0.761. The Hall–Kier alpha value is -2.41. The number of nitrogens with zero attached hydrogens (tertiary/aromatic N) is 1. The number of thiocarbonyl (C=S) groups is 1. The normalized spacial score (nSPS) is 16.1. The molecule has 110 valence electrons. The van der Waals surface area contributed by atoms with E-state index in [2.05, 4.69) is 5.32 Å². The molecule has 0 spiro atoms. The molecule has 7 heteroatoms. The van der Waals surface area contributed by atoms with Crippen LogP contribution < -0.4 is 14.8 Å². The van der Waals surface area contributed by atoms with E-state index in [1.54, 1.807) is 18.2 Å². The highest BCUT2D eigenvalue weighted by Crippen LogP contribution is 2.28. The minimum atomic E-state index is -0.430. The van der Waals surface area contributed by atoms with E-state index in [9.17, 15) is 9.59 Å². The van der Waals surface area contributed by atoms with Gasteiger partial charge in [-0.25, -0.2) is 0 Å². The highest BCUT2D eigenvalue weighted by molar-refractivity contribution is 7.80. The Labute approximate surface area is 127 Å². The molecular formula is C14H14N2O4S. The summed E-state index contributed by atoms with van der Waals surface area (Å²) < 4.78 is 10.4. The number of carbonyl (C=O) groups excluding carboxylic acids is 2. The topological polar surface area (TPSA) is 67.9 Å². The van der Waals surface area contributed by atoms with Crippen LogP contribution in [-0.2, 0) is 9.59 Å². The first-order valence-corrected chi connectivity index (χ1v) is 6.48. The molecule has 1 aliphatic rings. The molecule has 0 bridgehead atoms. The van der Waals surface area contributed by atoms with Crippen LogP contribution in [-0.4, -0.2) is 36.0 Å². The standard InChI is InChI=1S/C14H14N2O4S/c1-8(17)16-11(13(18)15-14(16)21)7-9-6-10(19-2)4-5-12(9)20-3/h4-7H,1-3H3,(H,15,18,21)/b11-7+. The summed E-state index contributed by atoms with van der Waals surface area (Å²) in [7, 11) is 3.06. The number of methoxy groups -OCH3 is 2. The lowest BCUT2D eigenvalue weighted by molar-refractivity contribution is -0.125. The zero-order valence-electron chi connectivity index (χ0n) is 11.8. The van der Waals surface area contributed by atoms with Crippen molar-refractivity contribution in [1.82, 2.24) is 10.2 Å². The van der Waals surface area contributed by atoms with Gasteiger partial charge >= 0.3 is 0 Å². The fraction of sp³-hybridized carbons (Fsp3) is 0.214. The summed E-state index contributed by atoms with van der Waals surface area (Å²) >= 11 is 4.97. The molecular weight excluding hydrogens is 292 g/mol. The fourth-order valence-electron chi connectivity index (χ4n) is 1.97. The number of amides is 2. The number of benzene rings is 1. The fourth-order valence-corrected chi connectivity index (χ4v) is 2.29. The largest absolute Gasteiger partial charge is 0.497 e. The highest BCUT2D eigenvalue weighted by atomic mass is 32.1. The van der Waals surface area contributed by atoms with Crippen LogP contribution >= 0.6 is 12.2 Å². The molecule has 1 saturated heterocycles. The van der Waals surface area contributed by atoms with Crippen molar-refractivity contribution in [3.05, 3.63) is 29.5 Å². The molecule has 2 rings (SSSR count). The predicted octanol–water partition coefficient (Wildman–Crippen LogP) is 1.31. The Morgan fingerprint density at radius 3 is 2.62 bits per heavy atom. The van der Waals surface area contributed by atoms with Crippen LogP contribution in [0.3, 0.4) is 0 Å². The van der Waals surface area contributed by atoms with Crippen LogP contribution in [0.25, 0.3) is 6.08 Å². The van der Waals surface area contributed by atoms with Gasteiger partial charge in [0.15, 0.2) is 5.11 Å². The number of rotatable bonds is 3. The second-order valence-corrected chi connectivity index (χ2v) is 4.64. The molecule has 1 heterocycles. The molecule has 0 aliphatic carbocycles. The molecule has 21 heavy (non-hydrogen) atoms. The van der Waals surface area contributed by atoms with E-state index >= 15 is 0 Å². The van der Waals surface area contributed by atoms with E-state index in [-0.39, 0.29) is 16.7 Å². The third kappa shape index (κ3) is 2.87. The summed E-state index contributed by atoms with van der Waals surface area (Å²) in [6.45, 7) is 1.34. The second-order valence-electron chi connectivity index (χ2n) is 4.25. The minimum absolute atomic E-state index is 0.0700. The van der Waals surface area contributed by atoms with Gasteiger partial charge < -0.3 is 9.47 Å². The molecule has 0 radical (unpaired) electrons. The third-order valence-electron chi connectivity index (χ3n) is 2.94. The molecule has 0 aromatic heterocycles. The first-order chi connectivity index (χ1) is 9.97. The summed E-state index contributed by atoms with van der Waals surface area (Å²) in [5, 5.41) is 2.51. The van der Waals surface area contributed by atoms with E-state index in [1.165, 1.54) is 27.2 Å². The molecule has 2 amide bonds. The predicted molar refractivity (Wildman–Crippen MR) is 80.8 cm³/mol. The van der Waals surface area contributed by atoms with Gasteiger partial charge in [0, 0.05) is 12.5 Å². The Bertz CT molecular complexity index is 654. The molecule has 0 unspecified atom stereocenters. The summed E-state index contributed by atoms with van der Waals surface area (Å²) in [6, 6.07) is 5.16. The first kappa shape index (κ1) is 15.0. The SMILES string of the molecule is COc1ccc(OC)c(/C=C2\C(=O)NC(=S)N2C(C)=O)c1. The van der Waals surface area contributed by atoms with Gasteiger partial charge in [-0.05, 0) is 36.5 Å². The van der Waals surface area contributed by atoms with Crippen molar-refractivity contribution in [2.45, 2.75) is 6.92 Å². The van der Waals surface area contributed by atoms with E-state index in [4.69, 9.17) is 21.7 Å². The van der Waals surface area contributed by atoms with Crippen LogP contribution in [0.4, 0.5) is 0 Å². The monoisotopic (exact) mass is 306 g/mol. The Balaban J connectivity index is 2.53. The summed E-state index contributed by atoms with van der Waals surface area (Å²) in [4.78, 5) is 24.7. The number of nitrogens with one attached hydrogen (secondary N) is 1. The van der Waals surface area contributed by atoms with Crippen LogP contribution in [0.5, 0.6) is 11.5 Å². The number of hydrogen-bond donors (Lipinski definition) is 1. The maximum atomic E-state index is 11.9. The quantitative estimate of drug-likeness (QED) is 0.673. The van der Waals surface area contributed by atoms with Crippen molar-refractivity contribution in [1.29, 1.82) is 0 Å². The van der Waals surface area contributed by atoms with E-state index in [0.717, 1.165) is 4.90 Å².